The van der Waals surface area contributed by atoms with Gasteiger partial charge < -0.3 is 19.5 Å². The third-order valence-corrected chi connectivity index (χ3v) is 7.55. The summed E-state index contributed by atoms with van der Waals surface area (Å²) in [5, 5.41) is 4.59. The largest absolute Gasteiger partial charge is 0.495 e. The minimum atomic E-state index is -3.91. The van der Waals surface area contributed by atoms with Gasteiger partial charge in [0.05, 0.1) is 18.9 Å². The fourth-order valence-corrected chi connectivity index (χ4v) is 5.83. The van der Waals surface area contributed by atoms with Crippen molar-refractivity contribution in [3.05, 3.63) is 34.5 Å². The highest BCUT2D eigenvalue weighted by molar-refractivity contribution is 7.89. The predicted octanol–water partition coefficient (Wildman–Crippen LogP) is 2.46. The van der Waals surface area contributed by atoms with Gasteiger partial charge in [-0.05, 0) is 24.3 Å². The van der Waals surface area contributed by atoms with Crippen LogP contribution < -0.4 is 14.8 Å². The smallest absolute Gasteiger partial charge is 0.262 e. The average Bonchev–Trinajstić information content (AvgIpc) is 3.40. The molecule has 2 aromatic rings. The molecule has 1 saturated heterocycles. The van der Waals surface area contributed by atoms with Crippen molar-refractivity contribution in [2.45, 2.75) is 30.4 Å². The highest BCUT2D eigenvalue weighted by Crippen LogP contribution is 2.39. The number of amides is 1. The zero-order chi connectivity index (χ0) is 20.4. The third-order valence-electron chi connectivity index (χ3n) is 4.86. The summed E-state index contributed by atoms with van der Waals surface area (Å²) < 4.78 is 45.1. The van der Waals surface area contributed by atoms with Gasteiger partial charge in [0.15, 0.2) is 6.61 Å². The maximum absolute atomic E-state index is 13.6. The van der Waals surface area contributed by atoms with Gasteiger partial charge in [-0.15, -0.1) is 11.3 Å². The van der Waals surface area contributed by atoms with Crippen molar-refractivity contribution in [1.29, 1.82) is 0 Å². The summed E-state index contributed by atoms with van der Waals surface area (Å²) in [5.41, 5.74) is 0.390. The van der Waals surface area contributed by atoms with E-state index in [0.717, 1.165) is 17.7 Å². The molecule has 1 fully saturated rings. The molecule has 0 saturated carbocycles. The molecular weight excluding hydrogens is 416 g/mol. The first-order valence-corrected chi connectivity index (χ1v) is 11.6. The molecule has 0 spiro atoms. The van der Waals surface area contributed by atoms with E-state index < -0.39 is 10.0 Å². The molecular formula is C19H22N2O6S2. The summed E-state index contributed by atoms with van der Waals surface area (Å²) in [4.78, 5) is 12.5. The molecule has 0 bridgehead atoms. The van der Waals surface area contributed by atoms with E-state index in [1.165, 1.54) is 34.9 Å². The topological polar surface area (TPSA) is 94.2 Å². The Kier molecular flexibility index (Phi) is 5.77. The van der Waals surface area contributed by atoms with Gasteiger partial charge in [-0.1, -0.05) is 6.07 Å². The summed E-state index contributed by atoms with van der Waals surface area (Å²) in [6.07, 6.45) is 1.61. The summed E-state index contributed by atoms with van der Waals surface area (Å²) in [7, 11) is -2.51. The molecule has 10 heteroatoms. The monoisotopic (exact) mass is 438 g/mol. The number of hydrogen-bond donors (Lipinski definition) is 1. The number of anilines is 1. The molecule has 1 N–H and O–H groups in total. The fraction of sp³-hybridized carbons (Fsp3) is 0.421. The second kappa shape index (κ2) is 8.31. The third kappa shape index (κ3) is 4.25. The van der Waals surface area contributed by atoms with E-state index in [2.05, 4.69) is 5.32 Å². The van der Waals surface area contributed by atoms with E-state index in [0.29, 0.717) is 18.0 Å². The molecule has 8 nitrogen and oxygen atoms in total. The van der Waals surface area contributed by atoms with Crippen molar-refractivity contribution in [3.63, 3.8) is 0 Å². The van der Waals surface area contributed by atoms with Crippen molar-refractivity contribution >= 4 is 33.0 Å². The Balaban J connectivity index is 1.71. The van der Waals surface area contributed by atoms with Crippen LogP contribution >= 0.6 is 11.3 Å². The number of thiophene rings is 1. The molecule has 1 atom stereocenters. The van der Waals surface area contributed by atoms with E-state index in [1.807, 2.05) is 17.5 Å². The Morgan fingerprint density at radius 1 is 1.38 bits per heavy atom. The van der Waals surface area contributed by atoms with Gasteiger partial charge in [0, 0.05) is 36.7 Å². The van der Waals surface area contributed by atoms with E-state index in [-0.39, 0.29) is 42.4 Å². The highest BCUT2D eigenvalue weighted by Gasteiger charge is 2.33. The minimum absolute atomic E-state index is 0.00412. The number of carbonyl (C=O) groups excluding carboxylic acids is 1. The van der Waals surface area contributed by atoms with Gasteiger partial charge in [-0.3, -0.25) is 4.79 Å². The van der Waals surface area contributed by atoms with Crippen LogP contribution in [0, 0.1) is 0 Å². The molecule has 0 aliphatic carbocycles. The Hall–Kier alpha value is -2.14. The van der Waals surface area contributed by atoms with Gasteiger partial charge in [0.2, 0.25) is 10.0 Å². The normalized spacial score (nSPS) is 19.0. The molecule has 2 aliphatic heterocycles. The molecule has 1 amide bonds. The Labute approximate surface area is 173 Å². The second-order valence-electron chi connectivity index (χ2n) is 6.85. The molecule has 3 heterocycles. The van der Waals surface area contributed by atoms with Crippen LogP contribution in [0.2, 0.25) is 0 Å². The number of fused-ring (bicyclic) bond motifs is 1. The average molecular weight is 439 g/mol. The maximum atomic E-state index is 13.6. The fourth-order valence-electron chi connectivity index (χ4n) is 3.43. The first-order chi connectivity index (χ1) is 14.0. The number of rotatable bonds is 7. The zero-order valence-corrected chi connectivity index (χ0v) is 17.6. The SMILES string of the molecule is COc1cc2c(cc1S(=O)(=O)N(Cc1cccs1)CC1CCCO1)OCC(=O)N2. The lowest BCUT2D eigenvalue weighted by molar-refractivity contribution is -0.118. The van der Waals surface area contributed by atoms with E-state index in [4.69, 9.17) is 14.2 Å². The predicted molar refractivity (Wildman–Crippen MR) is 108 cm³/mol. The minimum Gasteiger partial charge on any atom is -0.495 e. The van der Waals surface area contributed by atoms with Crippen LogP contribution in [0.4, 0.5) is 5.69 Å². The van der Waals surface area contributed by atoms with Crippen molar-refractivity contribution in [2.75, 3.05) is 32.2 Å². The number of sulfonamides is 1. The van der Waals surface area contributed by atoms with Gasteiger partial charge in [-0.25, -0.2) is 8.42 Å². The van der Waals surface area contributed by atoms with Crippen LogP contribution in [0.25, 0.3) is 0 Å². The quantitative estimate of drug-likeness (QED) is 0.714. The van der Waals surface area contributed by atoms with Crippen LogP contribution in [0.5, 0.6) is 11.5 Å². The van der Waals surface area contributed by atoms with Gasteiger partial charge in [-0.2, -0.15) is 4.31 Å². The van der Waals surface area contributed by atoms with Crippen LogP contribution in [-0.2, 0) is 26.1 Å². The van der Waals surface area contributed by atoms with Crippen LogP contribution in [0.3, 0.4) is 0 Å². The molecule has 1 aromatic heterocycles. The van der Waals surface area contributed by atoms with Crippen molar-refractivity contribution in [3.8, 4) is 11.5 Å². The number of hydrogen-bond acceptors (Lipinski definition) is 7. The second-order valence-corrected chi connectivity index (χ2v) is 9.79. The molecule has 4 rings (SSSR count). The molecule has 0 radical (unpaired) electrons. The number of nitrogens with zero attached hydrogens (tertiary/aromatic N) is 1. The first-order valence-electron chi connectivity index (χ1n) is 9.26. The zero-order valence-electron chi connectivity index (χ0n) is 15.9. The summed E-state index contributed by atoms with van der Waals surface area (Å²) in [6.45, 7) is 0.997. The van der Waals surface area contributed by atoms with Crippen LogP contribution in [0.15, 0.2) is 34.5 Å². The van der Waals surface area contributed by atoms with E-state index in [1.54, 1.807) is 0 Å². The Morgan fingerprint density at radius 2 is 2.24 bits per heavy atom. The molecule has 2 aliphatic rings. The summed E-state index contributed by atoms with van der Waals surface area (Å²) in [5.74, 6) is 0.156. The molecule has 156 valence electrons. The number of nitrogens with one attached hydrogen (secondary N) is 1. The molecule has 1 aromatic carbocycles. The molecule has 1 unspecified atom stereocenters. The van der Waals surface area contributed by atoms with E-state index in [9.17, 15) is 13.2 Å². The number of benzene rings is 1. The maximum Gasteiger partial charge on any atom is 0.262 e. The lowest BCUT2D eigenvalue weighted by atomic mass is 10.2. The highest BCUT2D eigenvalue weighted by atomic mass is 32.2. The van der Waals surface area contributed by atoms with Gasteiger partial charge in [0.1, 0.15) is 16.4 Å². The van der Waals surface area contributed by atoms with Crippen molar-refractivity contribution in [1.82, 2.24) is 4.31 Å². The van der Waals surface area contributed by atoms with Gasteiger partial charge in [0.25, 0.3) is 5.91 Å². The summed E-state index contributed by atoms with van der Waals surface area (Å²) >= 11 is 1.50. The lowest BCUT2D eigenvalue weighted by Gasteiger charge is -2.26. The van der Waals surface area contributed by atoms with Gasteiger partial charge >= 0.3 is 0 Å². The first kappa shape index (κ1) is 20.1. The summed E-state index contributed by atoms with van der Waals surface area (Å²) in [6, 6.07) is 6.70. The van der Waals surface area contributed by atoms with Crippen molar-refractivity contribution in [2.24, 2.45) is 0 Å². The molecule has 29 heavy (non-hydrogen) atoms. The van der Waals surface area contributed by atoms with Crippen molar-refractivity contribution < 1.29 is 27.4 Å². The Morgan fingerprint density at radius 3 is 2.93 bits per heavy atom. The van der Waals surface area contributed by atoms with E-state index >= 15 is 0 Å². The number of ether oxygens (including phenoxy) is 3. The van der Waals surface area contributed by atoms with Crippen LogP contribution in [0.1, 0.15) is 17.7 Å². The standard InChI is InChI=1S/C19H22N2O6S2/c1-25-17-8-15-16(27-12-19(22)20-15)9-18(17)29(23,24)21(10-13-4-2-6-26-13)11-14-5-3-7-28-14/h3,5,7-9,13H,2,4,6,10-12H2,1H3,(H,20,22). The number of carbonyl (C=O) groups is 1. The number of methoxy groups -OCH3 is 1. The van der Waals surface area contributed by atoms with Crippen LogP contribution in [-0.4, -0.2) is 51.6 Å². The Bertz CT molecular complexity index is 984. The lowest BCUT2D eigenvalue weighted by Crippen LogP contribution is -2.37.